The first-order valence-corrected chi connectivity index (χ1v) is 12.4. The van der Waals surface area contributed by atoms with E-state index in [1.165, 1.54) is 25.7 Å². The number of methoxy groups -OCH3 is 1. The van der Waals surface area contributed by atoms with Crippen molar-refractivity contribution in [1.82, 2.24) is 23.6 Å². The smallest absolute Gasteiger partial charge is 0.263 e. The molecule has 34 heavy (non-hydrogen) atoms. The minimum atomic E-state index is -0.0802. The number of nitrogens with zero attached hydrogens (tertiary/aromatic N) is 5. The zero-order chi connectivity index (χ0) is 23.4. The molecule has 7 nitrogen and oxygen atoms in total. The first-order valence-electron chi connectivity index (χ1n) is 12.0. The molecule has 0 aliphatic heterocycles. The zero-order valence-electron chi connectivity index (χ0n) is 19.6. The number of hydrogen-bond donors (Lipinski definition) is 0. The summed E-state index contributed by atoms with van der Waals surface area (Å²) in [6.45, 7) is 0.973. The Kier molecular flexibility index (Phi) is 5.30. The molecule has 2 fully saturated rings. The van der Waals surface area contributed by atoms with E-state index >= 15 is 0 Å². The Morgan fingerprint density at radius 2 is 1.76 bits per heavy atom. The van der Waals surface area contributed by atoms with Gasteiger partial charge in [-0.1, -0.05) is 30.3 Å². The number of benzene rings is 2. The second kappa shape index (κ2) is 8.36. The molecule has 0 unspecified atom stereocenters. The summed E-state index contributed by atoms with van der Waals surface area (Å²) < 4.78 is 11.7. The third-order valence-corrected chi connectivity index (χ3v) is 7.67. The summed E-state index contributed by atoms with van der Waals surface area (Å²) >= 11 is 5.93. The molecule has 2 aliphatic rings. The number of para-hydroxylation sites is 2. The predicted molar refractivity (Wildman–Crippen MR) is 135 cm³/mol. The van der Waals surface area contributed by atoms with Gasteiger partial charge in [-0.2, -0.15) is 0 Å². The topological polar surface area (TPSA) is 56.7 Å². The summed E-state index contributed by atoms with van der Waals surface area (Å²) in [5.41, 5.74) is 1.63. The molecule has 2 heterocycles. The molecule has 0 amide bonds. The SMILES string of the molecule is COc1ccccc1Cn1c(=O)c2ccccc2n2c(=S)n(CN(C)C(C3CC3)C3CC3)nc12. The van der Waals surface area contributed by atoms with Crippen molar-refractivity contribution in [2.75, 3.05) is 14.2 Å². The highest BCUT2D eigenvalue weighted by Gasteiger charge is 2.43. The maximum absolute atomic E-state index is 13.6. The van der Waals surface area contributed by atoms with Crippen molar-refractivity contribution in [2.45, 2.75) is 44.9 Å². The Hall–Kier alpha value is -2.97. The highest BCUT2D eigenvalue weighted by molar-refractivity contribution is 7.71. The molecule has 2 aliphatic carbocycles. The van der Waals surface area contributed by atoms with Crippen molar-refractivity contribution in [3.8, 4) is 5.75 Å². The van der Waals surface area contributed by atoms with E-state index in [4.69, 9.17) is 22.1 Å². The minimum absolute atomic E-state index is 0.0802. The van der Waals surface area contributed by atoms with Crippen LogP contribution in [0.1, 0.15) is 31.2 Å². The molecular formula is C26H29N5O2S. The van der Waals surface area contributed by atoms with Gasteiger partial charge in [0.2, 0.25) is 10.5 Å². The summed E-state index contributed by atoms with van der Waals surface area (Å²) in [4.78, 5) is 16.0. The molecule has 0 saturated heterocycles. The first-order chi connectivity index (χ1) is 16.6. The van der Waals surface area contributed by atoms with Crippen LogP contribution in [0.2, 0.25) is 0 Å². The van der Waals surface area contributed by atoms with Crippen LogP contribution in [-0.2, 0) is 13.2 Å². The van der Waals surface area contributed by atoms with Crippen LogP contribution in [0.15, 0.2) is 53.3 Å². The second-order valence-corrected chi connectivity index (χ2v) is 10.1. The van der Waals surface area contributed by atoms with Gasteiger partial charge in [-0.05, 0) is 75.0 Å². The van der Waals surface area contributed by atoms with Crippen LogP contribution in [0.5, 0.6) is 5.75 Å². The van der Waals surface area contributed by atoms with Crippen LogP contribution < -0.4 is 10.3 Å². The monoisotopic (exact) mass is 475 g/mol. The Morgan fingerprint density at radius 1 is 1.09 bits per heavy atom. The van der Waals surface area contributed by atoms with Gasteiger partial charge < -0.3 is 4.74 Å². The van der Waals surface area contributed by atoms with Gasteiger partial charge in [0, 0.05) is 11.6 Å². The van der Waals surface area contributed by atoms with E-state index in [1.807, 2.05) is 57.6 Å². The van der Waals surface area contributed by atoms with Crippen molar-refractivity contribution >= 4 is 28.9 Å². The number of ether oxygens (including phenoxy) is 1. The summed E-state index contributed by atoms with van der Waals surface area (Å²) in [6.07, 6.45) is 5.30. The number of aromatic nitrogens is 4. The van der Waals surface area contributed by atoms with E-state index < -0.39 is 0 Å². The maximum atomic E-state index is 13.6. The van der Waals surface area contributed by atoms with Crippen LogP contribution in [-0.4, -0.2) is 43.8 Å². The van der Waals surface area contributed by atoms with Gasteiger partial charge in [-0.25, -0.2) is 4.68 Å². The normalized spacial score (nSPS) is 16.2. The third-order valence-electron chi connectivity index (χ3n) is 7.28. The average molecular weight is 476 g/mol. The standard InChI is InChI=1S/C26H29N5O2S/c1-28(23(17-11-12-17)18-13-14-18)16-30-26(34)31-21-9-5-4-8-20(21)24(32)29(25(31)27-30)15-19-7-3-6-10-22(19)33-2/h3-10,17-18,23H,11-16H2,1-2H3. The lowest BCUT2D eigenvalue weighted by molar-refractivity contribution is 0.145. The molecular weight excluding hydrogens is 446 g/mol. The van der Waals surface area contributed by atoms with E-state index in [2.05, 4.69) is 11.9 Å². The van der Waals surface area contributed by atoms with Gasteiger partial charge in [0.1, 0.15) is 5.75 Å². The predicted octanol–water partition coefficient (Wildman–Crippen LogP) is 4.31. The molecule has 2 aromatic carbocycles. The molecule has 2 saturated carbocycles. The van der Waals surface area contributed by atoms with E-state index in [0.717, 1.165) is 28.7 Å². The van der Waals surface area contributed by atoms with Crippen molar-refractivity contribution in [1.29, 1.82) is 0 Å². The van der Waals surface area contributed by atoms with E-state index in [1.54, 1.807) is 11.7 Å². The van der Waals surface area contributed by atoms with Crippen LogP contribution in [0, 0.1) is 16.6 Å². The van der Waals surface area contributed by atoms with Crippen molar-refractivity contribution in [2.24, 2.45) is 11.8 Å². The van der Waals surface area contributed by atoms with Gasteiger partial charge in [0.25, 0.3) is 5.56 Å². The highest BCUT2D eigenvalue weighted by atomic mass is 32.1. The lowest BCUT2D eigenvalue weighted by Crippen LogP contribution is -2.37. The van der Waals surface area contributed by atoms with Crippen LogP contribution in [0.4, 0.5) is 0 Å². The van der Waals surface area contributed by atoms with E-state index in [-0.39, 0.29) is 5.56 Å². The molecule has 0 radical (unpaired) electrons. The summed E-state index contributed by atoms with van der Waals surface area (Å²) in [7, 11) is 3.83. The largest absolute Gasteiger partial charge is 0.496 e. The number of fused-ring (bicyclic) bond motifs is 3. The summed E-state index contributed by atoms with van der Waals surface area (Å²) in [5, 5.41) is 5.54. The fourth-order valence-electron chi connectivity index (χ4n) is 5.39. The second-order valence-electron chi connectivity index (χ2n) is 9.70. The molecule has 0 spiro atoms. The van der Waals surface area contributed by atoms with E-state index in [0.29, 0.717) is 35.2 Å². The van der Waals surface area contributed by atoms with Gasteiger partial charge in [-0.3, -0.25) is 18.7 Å². The lowest BCUT2D eigenvalue weighted by Gasteiger charge is -2.27. The van der Waals surface area contributed by atoms with Crippen LogP contribution in [0.25, 0.3) is 16.7 Å². The molecule has 4 aromatic rings. The zero-order valence-corrected chi connectivity index (χ0v) is 20.4. The molecule has 0 bridgehead atoms. The highest BCUT2D eigenvalue weighted by Crippen LogP contribution is 2.46. The Bertz CT molecular complexity index is 1480. The Morgan fingerprint density at radius 3 is 2.47 bits per heavy atom. The molecule has 176 valence electrons. The molecule has 8 heteroatoms. The van der Waals surface area contributed by atoms with E-state index in [9.17, 15) is 4.79 Å². The minimum Gasteiger partial charge on any atom is -0.496 e. The quantitative estimate of drug-likeness (QED) is 0.356. The lowest BCUT2D eigenvalue weighted by atomic mass is 10.1. The van der Waals surface area contributed by atoms with Crippen molar-refractivity contribution in [3.63, 3.8) is 0 Å². The molecule has 0 atom stereocenters. The first kappa shape index (κ1) is 21.6. The maximum Gasteiger partial charge on any atom is 0.263 e. The van der Waals surface area contributed by atoms with Crippen molar-refractivity contribution < 1.29 is 4.74 Å². The molecule has 6 rings (SSSR count). The number of hydrogen-bond acceptors (Lipinski definition) is 5. The van der Waals surface area contributed by atoms with Gasteiger partial charge >= 0.3 is 0 Å². The van der Waals surface area contributed by atoms with Crippen LogP contribution in [0.3, 0.4) is 0 Å². The fourth-order valence-corrected chi connectivity index (χ4v) is 5.67. The summed E-state index contributed by atoms with van der Waals surface area (Å²) in [5.74, 6) is 2.90. The van der Waals surface area contributed by atoms with Gasteiger partial charge in [0.05, 0.1) is 31.2 Å². The fraction of sp³-hybridized carbons (Fsp3) is 0.423. The van der Waals surface area contributed by atoms with Crippen molar-refractivity contribution in [3.05, 3.63) is 69.2 Å². The van der Waals surface area contributed by atoms with Gasteiger partial charge in [-0.15, -0.1) is 5.10 Å². The Balaban J connectivity index is 1.49. The molecule has 2 aromatic heterocycles. The third kappa shape index (κ3) is 3.65. The summed E-state index contributed by atoms with van der Waals surface area (Å²) in [6, 6.07) is 16.0. The molecule has 0 N–H and O–H groups in total. The average Bonchev–Trinajstić information content (AvgIpc) is 3.78. The Labute approximate surface area is 203 Å². The number of rotatable bonds is 8. The van der Waals surface area contributed by atoms with Crippen LogP contribution >= 0.6 is 12.2 Å². The van der Waals surface area contributed by atoms with Gasteiger partial charge in [0.15, 0.2) is 0 Å².